The van der Waals surface area contributed by atoms with Gasteiger partial charge in [-0.3, -0.25) is 0 Å². The zero-order chi connectivity index (χ0) is 11.6. The Kier molecular flexibility index (Phi) is 3.77. The zero-order valence-electron chi connectivity index (χ0n) is 8.74. The molecule has 0 radical (unpaired) electrons. The van der Waals surface area contributed by atoms with Crippen LogP contribution in [0.25, 0.3) is 0 Å². The molecule has 0 heterocycles. The van der Waals surface area contributed by atoms with E-state index in [0.29, 0.717) is 0 Å². The number of rotatable bonds is 3. The van der Waals surface area contributed by atoms with Crippen molar-refractivity contribution in [2.24, 2.45) is 11.7 Å². The normalized spacial score (nSPS) is 15.4. The van der Waals surface area contributed by atoms with Crippen LogP contribution in [0, 0.1) is 17.6 Å². The number of benzene rings is 1. The van der Waals surface area contributed by atoms with E-state index in [0.717, 1.165) is 18.2 Å². The van der Waals surface area contributed by atoms with Gasteiger partial charge < -0.3 is 10.8 Å². The Hall–Kier alpha value is -1.00. The fourth-order valence-electron chi connectivity index (χ4n) is 1.38. The molecule has 0 spiro atoms. The van der Waals surface area contributed by atoms with Gasteiger partial charge in [0.25, 0.3) is 0 Å². The van der Waals surface area contributed by atoms with Gasteiger partial charge in [0, 0.05) is 6.07 Å². The summed E-state index contributed by atoms with van der Waals surface area (Å²) in [6.45, 7) is 3.58. The molecule has 0 saturated carbocycles. The first-order valence-corrected chi connectivity index (χ1v) is 4.81. The van der Waals surface area contributed by atoms with E-state index in [1.165, 1.54) is 0 Å². The zero-order valence-corrected chi connectivity index (χ0v) is 8.74. The molecule has 0 fully saturated rings. The van der Waals surface area contributed by atoms with E-state index in [-0.39, 0.29) is 11.5 Å². The third kappa shape index (κ3) is 2.97. The Morgan fingerprint density at radius 1 is 1.13 bits per heavy atom. The Morgan fingerprint density at radius 2 is 1.60 bits per heavy atom. The molecular weight excluding hydrogens is 200 g/mol. The third-order valence-corrected chi connectivity index (χ3v) is 2.32. The molecule has 0 aliphatic rings. The summed E-state index contributed by atoms with van der Waals surface area (Å²) in [5.74, 6) is -1.43. The number of nitrogens with two attached hydrogens (primary N) is 1. The molecule has 0 aliphatic heterocycles. The molecule has 0 saturated heterocycles. The van der Waals surface area contributed by atoms with Crippen LogP contribution in [0.15, 0.2) is 18.2 Å². The molecule has 2 atom stereocenters. The van der Waals surface area contributed by atoms with Crippen LogP contribution in [0.1, 0.15) is 25.5 Å². The summed E-state index contributed by atoms with van der Waals surface area (Å²) in [5.41, 5.74) is 5.97. The minimum atomic E-state index is -0.814. The number of hydrogen-bond acceptors (Lipinski definition) is 2. The van der Waals surface area contributed by atoms with E-state index < -0.39 is 23.8 Å². The number of halogens is 2. The van der Waals surface area contributed by atoms with Gasteiger partial charge in [0.2, 0.25) is 0 Å². The second kappa shape index (κ2) is 4.68. The molecule has 0 aromatic heterocycles. The summed E-state index contributed by atoms with van der Waals surface area (Å²) in [5, 5.41) is 9.66. The lowest BCUT2D eigenvalue weighted by molar-refractivity contribution is 0.0977. The number of aliphatic hydroxyl groups excluding tert-OH is 1. The monoisotopic (exact) mass is 215 g/mol. The lowest BCUT2D eigenvalue weighted by Crippen LogP contribution is -2.30. The second-order valence-corrected chi connectivity index (χ2v) is 3.96. The molecule has 84 valence electrons. The quantitative estimate of drug-likeness (QED) is 0.809. The molecule has 4 heteroatoms. The average molecular weight is 215 g/mol. The first-order chi connectivity index (χ1) is 6.91. The molecule has 2 nitrogen and oxygen atoms in total. The van der Waals surface area contributed by atoms with Crippen molar-refractivity contribution in [3.05, 3.63) is 35.4 Å². The van der Waals surface area contributed by atoms with Gasteiger partial charge in [-0.15, -0.1) is 0 Å². The summed E-state index contributed by atoms with van der Waals surface area (Å²) < 4.78 is 25.8. The smallest absolute Gasteiger partial charge is 0.126 e. The highest BCUT2D eigenvalue weighted by Crippen LogP contribution is 2.21. The summed E-state index contributed by atoms with van der Waals surface area (Å²) in [4.78, 5) is 0. The van der Waals surface area contributed by atoms with Gasteiger partial charge in [0.05, 0.1) is 12.1 Å². The van der Waals surface area contributed by atoms with Crippen LogP contribution < -0.4 is 5.73 Å². The highest BCUT2D eigenvalue weighted by molar-refractivity contribution is 5.22. The molecule has 1 aromatic carbocycles. The van der Waals surface area contributed by atoms with Crippen LogP contribution in [0.3, 0.4) is 0 Å². The van der Waals surface area contributed by atoms with Crippen molar-refractivity contribution in [1.82, 2.24) is 0 Å². The first-order valence-electron chi connectivity index (χ1n) is 4.81. The summed E-state index contributed by atoms with van der Waals surface area (Å²) >= 11 is 0. The summed E-state index contributed by atoms with van der Waals surface area (Å²) in [7, 11) is 0. The van der Waals surface area contributed by atoms with Gasteiger partial charge in [0.15, 0.2) is 0 Å². The van der Waals surface area contributed by atoms with Gasteiger partial charge >= 0.3 is 0 Å². The van der Waals surface area contributed by atoms with Crippen LogP contribution in [0.5, 0.6) is 0 Å². The van der Waals surface area contributed by atoms with Crippen LogP contribution >= 0.6 is 0 Å². The van der Waals surface area contributed by atoms with Crippen LogP contribution in [-0.2, 0) is 0 Å². The first kappa shape index (κ1) is 12.1. The lowest BCUT2D eigenvalue weighted by Gasteiger charge is -2.22. The predicted octanol–water partition coefficient (Wildman–Crippen LogP) is 1.98. The van der Waals surface area contributed by atoms with Crippen molar-refractivity contribution in [1.29, 1.82) is 0 Å². The topological polar surface area (TPSA) is 46.2 Å². The van der Waals surface area contributed by atoms with Crippen molar-refractivity contribution >= 4 is 0 Å². The molecule has 0 amide bonds. The van der Waals surface area contributed by atoms with E-state index >= 15 is 0 Å². The second-order valence-electron chi connectivity index (χ2n) is 3.96. The maximum absolute atomic E-state index is 12.9. The Balaban J connectivity index is 2.95. The Morgan fingerprint density at radius 3 is 2.00 bits per heavy atom. The summed E-state index contributed by atoms with van der Waals surface area (Å²) in [6, 6.07) is 2.28. The lowest BCUT2D eigenvalue weighted by atomic mass is 9.94. The Bertz CT molecular complexity index is 321. The van der Waals surface area contributed by atoms with Gasteiger partial charge in [-0.25, -0.2) is 8.78 Å². The van der Waals surface area contributed by atoms with Crippen molar-refractivity contribution in [3.63, 3.8) is 0 Å². The molecule has 1 aromatic rings. The number of hydrogen-bond donors (Lipinski definition) is 2. The van der Waals surface area contributed by atoms with E-state index in [1.807, 2.05) is 0 Å². The molecule has 1 rings (SSSR count). The van der Waals surface area contributed by atoms with E-state index in [1.54, 1.807) is 13.8 Å². The van der Waals surface area contributed by atoms with E-state index in [2.05, 4.69) is 0 Å². The highest BCUT2D eigenvalue weighted by Gasteiger charge is 2.20. The molecular formula is C11H15F2NO. The van der Waals surface area contributed by atoms with Crippen molar-refractivity contribution in [3.8, 4) is 0 Å². The maximum Gasteiger partial charge on any atom is 0.126 e. The minimum absolute atomic E-state index is 0.0636. The van der Waals surface area contributed by atoms with Gasteiger partial charge in [0.1, 0.15) is 11.6 Å². The van der Waals surface area contributed by atoms with Crippen molar-refractivity contribution < 1.29 is 13.9 Å². The summed E-state index contributed by atoms with van der Waals surface area (Å²) in [6.07, 6.45) is -0.814. The third-order valence-electron chi connectivity index (χ3n) is 2.32. The standard InChI is InChI=1S/C11H15F2NO/c1-6(2)11(15)10(14)7-3-8(12)5-9(13)4-7/h3-6,10-11,15H,14H2,1-2H3/t10-,11+/m0/s1. The number of aliphatic hydroxyl groups is 1. The fraction of sp³-hybridized carbons (Fsp3) is 0.455. The van der Waals surface area contributed by atoms with Crippen molar-refractivity contribution in [2.75, 3.05) is 0 Å². The van der Waals surface area contributed by atoms with E-state index in [9.17, 15) is 13.9 Å². The SMILES string of the molecule is CC(C)[C@@H](O)[C@@H](N)c1cc(F)cc(F)c1. The average Bonchev–Trinajstić information content (AvgIpc) is 2.13. The van der Waals surface area contributed by atoms with Gasteiger partial charge in [-0.1, -0.05) is 13.8 Å². The maximum atomic E-state index is 12.9. The minimum Gasteiger partial charge on any atom is -0.391 e. The van der Waals surface area contributed by atoms with Crippen LogP contribution in [-0.4, -0.2) is 11.2 Å². The predicted molar refractivity (Wildman–Crippen MR) is 54.1 cm³/mol. The fourth-order valence-corrected chi connectivity index (χ4v) is 1.38. The molecule has 0 unspecified atom stereocenters. The van der Waals surface area contributed by atoms with Gasteiger partial charge in [-0.05, 0) is 23.6 Å². The highest BCUT2D eigenvalue weighted by atomic mass is 19.1. The largest absolute Gasteiger partial charge is 0.391 e. The van der Waals surface area contributed by atoms with E-state index in [4.69, 9.17) is 5.73 Å². The Labute approximate surface area is 87.7 Å². The van der Waals surface area contributed by atoms with Crippen LogP contribution in [0.2, 0.25) is 0 Å². The van der Waals surface area contributed by atoms with Gasteiger partial charge in [-0.2, -0.15) is 0 Å². The van der Waals surface area contributed by atoms with Crippen LogP contribution in [0.4, 0.5) is 8.78 Å². The molecule has 0 bridgehead atoms. The molecule has 15 heavy (non-hydrogen) atoms. The molecule has 0 aliphatic carbocycles. The van der Waals surface area contributed by atoms with Crippen molar-refractivity contribution in [2.45, 2.75) is 26.0 Å². The molecule has 3 N–H and O–H groups in total.